The molecular weight excluding hydrogens is 166 g/mol. The Labute approximate surface area is 79.7 Å². The molecule has 1 atom stereocenters. The van der Waals surface area contributed by atoms with Crippen molar-refractivity contribution in [3.05, 3.63) is 0 Å². The molecule has 1 rings (SSSR count). The first-order valence-corrected chi connectivity index (χ1v) is 4.90. The molecule has 2 N–H and O–H groups in total. The number of nitrogens with zero attached hydrogens (tertiary/aromatic N) is 1. The van der Waals surface area contributed by atoms with Gasteiger partial charge in [0.05, 0.1) is 0 Å². The lowest BCUT2D eigenvalue weighted by atomic mass is 10.2. The second-order valence-electron chi connectivity index (χ2n) is 3.49. The Bertz CT molecular complexity index is 172. The minimum atomic E-state index is 0.271. The van der Waals surface area contributed by atoms with Crippen molar-refractivity contribution in [3.63, 3.8) is 0 Å². The van der Waals surface area contributed by atoms with E-state index in [1.54, 1.807) is 0 Å². The molecule has 0 aromatic rings. The Balaban J connectivity index is 2.48. The highest BCUT2D eigenvalue weighted by atomic mass is 16.2. The number of nitrogens with one attached hydrogen (secondary N) is 2. The Morgan fingerprint density at radius 3 is 3.08 bits per heavy atom. The summed E-state index contributed by atoms with van der Waals surface area (Å²) in [5.74, 6) is 0.271. The van der Waals surface area contributed by atoms with Crippen molar-refractivity contribution in [3.8, 4) is 0 Å². The van der Waals surface area contributed by atoms with Gasteiger partial charge < -0.3 is 15.5 Å². The summed E-state index contributed by atoms with van der Waals surface area (Å²) in [6.07, 6.45) is 0.633. The predicted octanol–water partition coefficient (Wildman–Crippen LogP) is -0.584. The van der Waals surface area contributed by atoms with Crippen LogP contribution in [-0.2, 0) is 4.79 Å². The average Bonchev–Trinajstić information content (AvgIpc) is 2.30. The van der Waals surface area contributed by atoms with Crippen LogP contribution in [0.2, 0.25) is 0 Å². The van der Waals surface area contributed by atoms with Gasteiger partial charge in [0.25, 0.3) is 0 Å². The van der Waals surface area contributed by atoms with Gasteiger partial charge in [0.2, 0.25) is 5.91 Å². The second kappa shape index (κ2) is 5.19. The molecule has 1 saturated heterocycles. The fourth-order valence-corrected chi connectivity index (χ4v) is 1.66. The normalized spacial score (nSPS) is 21.4. The molecule has 0 bridgehead atoms. The van der Waals surface area contributed by atoms with Crippen LogP contribution in [-0.4, -0.2) is 50.1 Å². The van der Waals surface area contributed by atoms with Crippen LogP contribution in [0.3, 0.4) is 0 Å². The van der Waals surface area contributed by atoms with E-state index in [2.05, 4.69) is 17.6 Å². The van der Waals surface area contributed by atoms with Gasteiger partial charge in [-0.1, -0.05) is 0 Å². The fourth-order valence-electron chi connectivity index (χ4n) is 1.66. The minimum Gasteiger partial charge on any atom is -0.337 e. The van der Waals surface area contributed by atoms with E-state index in [0.29, 0.717) is 12.5 Å². The van der Waals surface area contributed by atoms with Crippen LogP contribution < -0.4 is 10.6 Å². The largest absolute Gasteiger partial charge is 0.337 e. The maximum Gasteiger partial charge on any atom is 0.224 e. The summed E-state index contributed by atoms with van der Waals surface area (Å²) in [6, 6.07) is 0.303. The number of amides is 1. The predicted molar refractivity (Wildman–Crippen MR) is 52.6 cm³/mol. The maximum absolute atomic E-state index is 11.6. The number of hydrogen-bond donors (Lipinski definition) is 2. The monoisotopic (exact) mass is 185 g/mol. The molecule has 13 heavy (non-hydrogen) atoms. The van der Waals surface area contributed by atoms with Gasteiger partial charge in [0.15, 0.2) is 0 Å². The number of carbonyl (C=O) groups is 1. The van der Waals surface area contributed by atoms with Crippen LogP contribution in [0, 0.1) is 0 Å². The van der Waals surface area contributed by atoms with E-state index in [1.807, 2.05) is 11.9 Å². The number of carbonyl (C=O) groups excluding carboxylic acids is 1. The average molecular weight is 185 g/mol. The molecule has 0 radical (unpaired) electrons. The first kappa shape index (κ1) is 10.5. The van der Waals surface area contributed by atoms with Gasteiger partial charge in [-0.25, -0.2) is 0 Å². The zero-order chi connectivity index (χ0) is 9.68. The van der Waals surface area contributed by atoms with Crippen molar-refractivity contribution >= 4 is 5.91 Å². The third kappa shape index (κ3) is 2.97. The van der Waals surface area contributed by atoms with Crippen molar-refractivity contribution in [2.75, 3.05) is 33.2 Å². The van der Waals surface area contributed by atoms with E-state index in [4.69, 9.17) is 0 Å². The topological polar surface area (TPSA) is 44.4 Å². The summed E-state index contributed by atoms with van der Waals surface area (Å²) in [6.45, 7) is 5.52. The van der Waals surface area contributed by atoms with Crippen LogP contribution in [0.1, 0.15) is 13.3 Å². The third-order valence-corrected chi connectivity index (χ3v) is 2.40. The quantitative estimate of drug-likeness (QED) is 0.618. The molecule has 1 unspecified atom stereocenters. The van der Waals surface area contributed by atoms with Gasteiger partial charge in [0.1, 0.15) is 0 Å². The van der Waals surface area contributed by atoms with E-state index >= 15 is 0 Å². The Hall–Kier alpha value is -0.610. The lowest BCUT2D eigenvalue weighted by Crippen LogP contribution is -2.44. The van der Waals surface area contributed by atoms with Gasteiger partial charge in [-0.05, 0) is 14.0 Å². The SMILES string of the molecule is CNCC(C)N1CCNCCC1=O. The summed E-state index contributed by atoms with van der Waals surface area (Å²) >= 11 is 0. The zero-order valence-electron chi connectivity index (χ0n) is 8.47. The van der Waals surface area contributed by atoms with E-state index < -0.39 is 0 Å². The first-order chi connectivity index (χ1) is 6.25. The van der Waals surface area contributed by atoms with Gasteiger partial charge in [-0.15, -0.1) is 0 Å². The summed E-state index contributed by atoms with van der Waals surface area (Å²) in [7, 11) is 1.91. The molecule has 1 fully saturated rings. The highest BCUT2D eigenvalue weighted by Crippen LogP contribution is 2.03. The number of hydrogen-bond acceptors (Lipinski definition) is 3. The lowest BCUT2D eigenvalue weighted by molar-refractivity contribution is -0.132. The fraction of sp³-hybridized carbons (Fsp3) is 0.889. The molecule has 4 heteroatoms. The number of rotatable bonds is 3. The lowest BCUT2D eigenvalue weighted by Gasteiger charge is -2.27. The zero-order valence-corrected chi connectivity index (χ0v) is 8.47. The van der Waals surface area contributed by atoms with Crippen molar-refractivity contribution in [2.45, 2.75) is 19.4 Å². The summed E-state index contributed by atoms with van der Waals surface area (Å²) in [5, 5.41) is 6.31. The standard InChI is InChI=1S/C9H19N3O/c1-8(7-10-2)12-6-5-11-4-3-9(12)13/h8,10-11H,3-7H2,1-2H3. The van der Waals surface area contributed by atoms with Crippen LogP contribution in [0.5, 0.6) is 0 Å². The molecule has 1 heterocycles. The van der Waals surface area contributed by atoms with Crippen molar-refractivity contribution < 1.29 is 4.79 Å². The number of likely N-dealkylation sites (N-methyl/N-ethyl adjacent to an activating group) is 1. The van der Waals surface area contributed by atoms with Gasteiger partial charge in [-0.2, -0.15) is 0 Å². The van der Waals surface area contributed by atoms with Gasteiger partial charge in [0, 0.05) is 38.6 Å². The van der Waals surface area contributed by atoms with Crippen molar-refractivity contribution in [1.29, 1.82) is 0 Å². The third-order valence-electron chi connectivity index (χ3n) is 2.40. The van der Waals surface area contributed by atoms with Crippen LogP contribution in [0.4, 0.5) is 0 Å². The smallest absolute Gasteiger partial charge is 0.224 e. The molecule has 4 nitrogen and oxygen atoms in total. The van der Waals surface area contributed by atoms with E-state index in [0.717, 1.165) is 26.2 Å². The van der Waals surface area contributed by atoms with Gasteiger partial charge >= 0.3 is 0 Å². The van der Waals surface area contributed by atoms with E-state index in [1.165, 1.54) is 0 Å². The molecular formula is C9H19N3O. The van der Waals surface area contributed by atoms with Gasteiger partial charge in [-0.3, -0.25) is 4.79 Å². The van der Waals surface area contributed by atoms with Crippen molar-refractivity contribution in [2.24, 2.45) is 0 Å². The highest BCUT2D eigenvalue weighted by molar-refractivity contribution is 5.77. The summed E-state index contributed by atoms with van der Waals surface area (Å²) < 4.78 is 0. The Morgan fingerprint density at radius 1 is 1.62 bits per heavy atom. The van der Waals surface area contributed by atoms with Crippen LogP contribution >= 0.6 is 0 Å². The van der Waals surface area contributed by atoms with Crippen molar-refractivity contribution in [1.82, 2.24) is 15.5 Å². The van der Waals surface area contributed by atoms with Crippen LogP contribution in [0.25, 0.3) is 0 Å². The molecule has 1 aliphatic heterocycles. The van der Waals surface area contributed by atoms with E-state index in [-0.39, 0.29) is 5.91 Å². The summed E-state index contributed by atoms with van der Waals surface area (Å²) in [4.78, 5) is 13.5. The highest BCUT2D eigenvalue weighted by Gasteiger charge is 2.20. The molecule has 0 aromatic carbocycles. The molecule has 0 aliphatic carbocycles. The minimum absolute atomic E-state index is 0.271. The Morgan fingerprint density at radius 2 is 2.38 bits per heavy atom. The summed E-state index contributed by atoms with van der Waals surface area (Å²) in [5.41, 5.74) is 0. The molecule has 0 aromatic heterocycles. The molecule has 76 valence electrons. The van der Waals surface area contributed by atoms with Crippen LogP contribution in [0.15, 0.2) is 0 Å². The Kier molecular flexibility index (Phi) is 4.18. The molecule has 1 amide bonds. The molecule has 0 spiro atoms. The molecule has 1 aliphatic rings. The van der Waals surface area contributed by atoms with E-state index in [9.17, 15) is 4.79 Å². The molecule has 0 saturated carbocycles. The first-order valence-electron chi connectivity index (χ1n) is 4.90. The second-order valence-corrected chi connectivity index (χ2v) is 3.49. The maximum atomic E-state index is 11.6.